The maximum atomic E-state index is 4.67. The van der Waals surface area contributed by atoms with Crippen molar-refractivity contribution in [2.75, 3.05) is 6.54 Å². The Morgan fingerprint density at radius 2 is 2.08 bits per heavy atom. The number of thiazole rings is 1. The number of nitrogens with one attached hydrogen (secondary N) is 1. The minimum Gasteiger partial charge on any atom is -0.341 e. The Hall–Kier alpha value is -2.12. The van der Waals surface area contributed by atoms with E-state index in [9.17, 15) is 0 Å². The number of rotatable bonds is 4. The summed E-state index contributed by atoms with van der Waals surface area (Å²) in [7, 11) is 0. The van der Waals surface area contributed by atoms with Gasteiger partial charge in [-0.05, 0) is 33.2 Å². The highest BCUT2D eigenvalue weighted by atomic mass is 32.1. The van der Waals surface area contributed by atoms with E-state index < -0.39 is 0 Å². The number of likely N-dealkylation sites (tertiary alicyclic amines) is 1. The lowest BCUT2D eigenvalue weighted by Crippen LogP contribution is -2.23. The maximum Gasteiger partial charge on any atom is 0.157 e. The molecule has 0 unspecified atom stereocenters. The highest BCUT2D eigenvalue weighted by molar-refractivity contribution is 7.09. The summed E-state index contributed by atoms with van der Waals surface area (Å²) in [5.41, 5.74) is 5.92. The maximum absolute atomic E-state index is 4.67. The van der Waals surface area contributed by atoms with Crippen LogP contribution in [0.15, 0.2) is 24.1 Å². The molecule has 0 saturated carbocycles. The van der Waals surface area contributed by atoms with Gasteiger partial charge in [-0.15, -0.1) is 11.3 Å². The van der Waals surface area contributed by atoms with Crippen molar-refractivity contribution < 1.29 is 0 Å². The van der Waals surface area contributed by atoms with Gasteiger partial charge >= 0.3 is 0 Å². The normalized spacial score (nSPS) is 18.3. The minimum atomic E-state index is 0.339. The molecule has 1 atom stereocenters. The van der Waals surface area contributed by atoms with E-state index in [0.717, 1.165) is 48.1 Å². The Morgan fingerprint density at radius 1 is 1.17 bits per heavy atom. The zero-order valence-electron chi connectivity index (χ0n) is 13.9. The fourth-order valence-corrected chi connectivity index (χ4v) is 3.99. The lowest BCUT2D eigenvalue weighted by molar-refractivity contribution is 0.245. The van der Waals surface area contributed by atoms with Crippen LogP contribution in [0.3, 0.4) is 0 Å². The number of hydrogen-bond donors (Lipinski definition) is 1. The van der Waals surface area contributed by atoms with Crippen LogP contribution in [0.2, 0.25) is 0 Å². The van der Waals surface area contributed by atoms with E-state index in [0.29, 0.717) is 6.04 Å². The molecule has 0 amide bonds. The Bertz CT molecular complexity index is 822. The van der Waals surface area contributed by atoms with Gasteiger partial charge in [0.15, 0.2) is 5.82 Å². The lowest BCUT2D eigenvalue weighted by atomic mass is 10.1. The van der Waals surface area contributed by atoms with Crippen molar-refractivity contribution in [3.8, 4) is 11.5 Å². The van der Waals surface area contributed by atoms with Crippen molar-refractivity contribution in [1.29, 1.82) is 0 Å². The molecule has 4 rings (SSSR count). The second kappa shape index (κ2) is 6.41. The molecule has 0 radical (unpaired) electrons. The lowest BCUT2D eigenvalue weighted by Gasteiger charge is -2.23. The SMILES string of the molecule is Cc1cnc(-c2cnc([C@H]3CCCN3Cc3scnc3C)cn2)[nH]1. The van der Waals surface area contributed by atoms with Gasteiger partial charge in [-0.1, -0.05) is 0 Å². The average Bonchev–Trinajstić information content (AvgIpc) is 3.31. The van der Waals surface area contributed by atoms with Crippen molar-refractivity contribution in [3.05, 3.63) is 46.1 Å². The molecule has 0 bridgehead atoms. The highest BCUT2D eigenvalue weighted by Crippen LogP contribution is 2.33. The zero-order valence-corrected chi connectivity index (χ0v) is 14.7. The molecular formula is C17H20N6S. The van der Waals surface area contributed by atoms with E-state index in [-0.39, 0.29) is 0 Å². The first-order chi connectivity index (χ1) is 11.7. The standard InChI is InChI=1S/C17H20N6S/c1-11-6-20-17(22-11)14-8-18-13(7-19-14)15-4-3-5-23(15)9-16-12(2)21-10-24-16/h6-8,10,15H,3-5,9H2,1-2H3,(H,20,22)/t15-/m1/s1. The van der Waals surface area contributed by atoms with E-state index in [4.69, 9.17) is 0 Å². The minimum absolute atomic E-state index is 0.339. The summed E-state index contributed by atoms with van der Waals surface area (Å²) in [6.45, 7) is 6.11. The molecule has 0 aliphatic carbocycles. The van der Waals surface area contributed by atoms with Gasteiger partial charge in [0.05, 0.1) is 35.3 Å². The Labute approximate surface area is 145 Å². The summed E-state index contributed by atoms with van der Waals surface area (Å²) in [6.07, 6.45) is 7.86. The second-order valence-corrected chi connectivity index (χ2v) is 7.17. The van der Waals surface area contributed by atoms with Gasteiger partial charge in [-0.25, -0.2) is 15.0 Å². The van der Waals surface area contributed by atoms with E-state index in [1.807, 2.05) is 24.8 Å². The summed E-state index contributed by atoms with van der Waals surface area (Å²) in [6, 6.07) is 0.339. The first-order valence-electron chi connectivity index (χ1n) is 8.17. The molecule has 1 aliphatic heterocycles. The molecule has 7 heteroatoms. The van der Waals surface area contributed by atoms with Gasteiger partial charge in [0.1, 0.15) is 5.69 Å². The van der Waals surface area contributed by atoms with Crippen LogP contribution in [-0.4, -0.2) is 36.4 Å². The third kappa shape index (κ3) is 2.97. The van der Waals surface area contributed by atoms with E-state index in [1.54, 1.807) is 17.5 Å². The molecule has 1 aliphatic rings. The molecule has 3 aromatic rings. The third-order valence-corrected chi connectivity index (χ3v) is 5.43. The fraction of sp³-hybridized carbons (Fsp3) is 0.412. The second-order valence-electron chi connectivity index (χ2n) is 6.23. The number of imidazole rings is 1. The Balaban J connectivity index is 1.53. The highest BCUT2D eigenvalue weighted by Gasteiger charge is 2.28. The molecule has 24 heavy (non-hydrogen) atoms. The van der Waals surface area contributed by atoms with Crippen molar-refractivity contribution in [1.82, 2.24) is 29.8 Å². The number of aryl methyl sites for hydroxylation is 2. The molecule has 1 saturated heterocycles. The van der Waals surface area contributed by atoms with Crippen molar-refractivity contribution >= 4 is 11.3 Å². The zero-order chi connectivity index (χ0) is 16.5. The van der Waals surface area contributed by atoms with E-state index in [2.05, 4.69) is 36.7 Å². The number of aromatic nitrogens is 5. The fourth-order valence-electron chi connectivity index (χ4n) is 3.19. The average molecular weight is 340 g/mol. The summed E-state index contributed by atoms with van der Waals surface area (Å²) < 4.78 is 0. The smallest absolute Gasteiger partial charge is 0.157 e. The van der Waals surface area contributed by atoms with Crippen LogP contribution in [0.25, 0.3) is 11.5 Å². The van der Waals surface area contributed by atoms with Gasteiger partial charge in [-0.3, -0.25) is 9.88 Å². The third-order valence-electron chi connectivity index (χ3n) is 4.51. The molecule has 124 valence electrons. The number of nitrogens with zero attached hydrogens (tertiary/aromatic N) is 5. The number of H-pyrrole nitrogens is 1. The van der Waals surface area contributed by atoms with Gasteiger partial charge in [0.2, 0.25) is 0 Å². The van der Waals surface area contributed by atoms with Crippen molar-refractivity contribution in [2.45, 2.75) is 39.3 Å². The van der Waals surface area contributed by atoms with Crippen molar-refractivity contribution in [2.24, 2.45) is 0 Å². The predicted octanol–water partition coefficient (Wildman–Crippen LogP) is 3.28. The largest absolute Gasteiger partial charge is 0.341 e. The van der Waals surface area contributed by atoms with Gasteiger partial charge < -0.3 is 4.98 Å². The van der Waals surface area contributed by atoms with Gasteiger partial charge in [0.25, 0.3) is 0 Å². The van der Waals surface area contributed by atoms with Crippen LogP contribution < -0.4 is 0 Å². The summed E-state index contributed by atoms with van der Waals surface area (Å²) in [5, 5.41) is 0. The molecule has 3 aromatic heterocycles. The molecular weight excluding hydrogens is 320 g/mol. The molecule has 0 aromatic carbocycles. The number of hydrogen-bond acceptors (Lipinski definition) is 6. The van der Waals surface area contributed by atoms with E-state index >= 15 is 0 Å². The summed E-state index contributed by atoms with van der Waals surface area (Å²) in [4.78, 5) is 24.9. The van der Waals surface area contributed by atoms with Crippen LogP contribution in [-0.2, 0) is 6.54 Å². The molecule has 1 fully saturated rings. The first kappa shape index (κ1) is 15.4. The van der Waals surface area contributed by atoms with E-state index in [1.165, 1.54) is 11.3 Å². The van der Waals surface area contributed by atoms with Crippen LogP contribution in [0.1, 0.15) is 40.8 Å². The van der Waals surface area contributed by atoms with Crippen LogP contribution in [0.4, 0.5) is 0 Å². The topological polar surface area (TPSA) is 70.6 Å². The Morgan fingerprint density at radius 3 is 2.75 bits per heavy atom. The van der Waals surface area contributed by atoms with Gasteiger partial charge in [-0.2, -0.15) is 0 Å². The van der Waals surface area contributed by atoms with Crippen LogP contribution >= 0.6 is 11.3 Å². The summed E-state index contributed by atoms with van der Waals surface area (Å²) in [5.74, 6) is 0.773. The quantitative estimate of drug-likeness (QED) is 0.789. The molecule has 1 N–H and O–H groups in total. The van der Waals surface area contributed by atoms with Crippen molar-refractivity contribution in [3.63, 3.8) is 0 Å². The first-order valence-corrected chi connectivity index (χ1v) is 9.05. The molecule has 4 heterocycles. The molecule has 6 nitrogen and oxygen atoms in total. The van der Waals surface area contributed by atoms with Crippen LogP contribution in [0.5, 0.6) is 0 Å². The summed E-state index contributed by atoms with van der Waals surface area (Å²) >= 11 is 1.73. The Kier molecular flexibility index (Phi) is 4.12. The monoisotopic (exact) mass is 340 g/mol. The molecule has 0 spiro atoms. The predicted molar refractivity (Wildman–Crippen MR) is 93.6 cm³/mol. The van der Waals surface area contributed by atoms with Gasteiger partial charge in [0, 0.05) is 23.3 Å². The van der Waals surface area contributed by atoms with Crippen LogP contribution in [0, 0.1) is 13.8 Å². The number of aromatic amines is 1.